The number of ether oxygens (including phenoxy) is 1. The van der Waals surface area contributed by atoms with Crippen molar-refractivity contribution in [2.75, 3.05) is 6.61 Å². The largest absolute Gasteiger partial charge is 0.489 e. The highest BCUT2D eigenvalue weighted by molar-refractivity contribution is 9.10. The maximum atomic E-state index is 13.2. The Balaban J connectivity index is 3.14. The van der Waals surface area contributed by atoms with E-state index in [9.17, 15) is 4.39 Å². The zero-order valence-electron chi connectivity index (χ0n) is 6.40. The van der Waals surface area contributed by atoms with Crippen LogP contribution >= 0.6 is 27.5 Å². The van der Waals surface area contributed by atoms with E-state index in [1.54, 1.807) is 19.1 Å². The van der Waals surface area contributed by atoms with Gasteiger partial charge >= 0.3 is 0 Å². The molecule has 12 heavy (non-hydrogen) atoms. The van der Waals surface area contributed by atoms with Crippen molar-refractivity contribution in [3.63, 3.8) is 0 Å². The van der Waals surface area contributed by atoms with E-state index in [1.165, 1.54) is 0 Å². The second-order valence-electron chi connectivity index (χ2n) is 2.11. The molecule has 0 aliphatic heterocycles. The Labute approximate surface area is 83.6 Å². The molecule has 0 N–H and O–H groups in total. The Bertz CT molecular complexity index is 291. The second-order valence-corrected chi connectivity index (χ2v) is 3.37. The molecule has 1 nitrogen and oxygen atoms in total. The van der Waals surface area contributed by atoms with Gasteiger partial charge in [0, 0.05) is 0 Å². The van der Waals surface area contributed by atoms with Crippen molar-refractivity contribution < 1.29 is 9.13 Å². The molecule has 4 heteroatoms. The van der Waals surface area contributed by atoms with Crippen LogP contribution in [-0.2, 0) is 0 Å². The normalized spacial score (nSPS) is 10.0. The van der Waals surface area contributed by atoms with Crippen molar-refractivity contribution >= 4 is 27.5 Å². The molecule has 0 aliphatic carbocycles. The standard InChI is InChI=1S/C8H7BrClFO/c1-2-12-8-6(10)4-3-5(9)7(8)11/h3-4H,2H2,1H3. The van der Waals surface area contributed by atoms with E-state index in [0.29, 0.717) is 11.1 Å². The molecule has 1 rings (SSSR count). The summed E-state index contributed by atoms with van der Waals surface area (Å²) in [6.45, 7) is 2.17. The van der Waals surface area contributed by atoms with Crippen LogP contribution in [0.2, 0.25) is 5.02 Å². The van der Waals surface area contributed by atoms with Gasteiger partial charge in [-0.1, -0.05) is 11.6 Å². The van der Waals surface area contributed by atoms with Crippen LogP contribution in [0.4, 0.5) is 4.39 Å². The first-order valence-corrected chi connectivity index (χ1v) is 4.60. The third kappa shape index (κ3) is 1.90. The zero-order chi connectivity index (χ0) is 9.14. The highest BCUT2D eigenvalue weighted by Gasteiger charge is 2.11. The molecule has 0 fully saturated rings. The number of rotatable bonds is 2. The summed E-state index contributed by atoms with van der Waals surface area (Å²) in [4.78, 5) is 0. The lowest BCUT2D eigenvalue weighted by molar-refractivity contribution is 0.321. The predicted octanol–water partition coefficient (Wildman–Crippen LogP) is 3.64. The van der Waals surface area contributed by atoms with Gasteiger partial charge in [0.25, 0.3) is 0 Å². The molecule has 0 bridgehead atoms. The summed E-state index contributed by atoms with van der Waals surface area (Å²) in [5.41, 5.74) is 0. The number of hydrogen-bond acceptors (Lipinski definition) is 1. The quantitative estimate of drug-likeness (QED) is 0.731. The van der Waals surface area contributed by atoms with Crippen molar-refractivity contribution in [1.82, 2.24) is 0 Å². The molecule has 1 aromatic rings. The fourth-order valence-electron chi connectivity index (χ4n) is 0.785. The van der Waals surface area contributed by atoms with E-state index in [4.69, 9.17) is 16.3 Å². The molecule has 66 valence electrons. The Hall–Kier alpha value is -0.280. The Morgan fingerprint density at radius 2 is 2.25 bits per heavy atom. The molecule has 0 aliphatic rings. The van der Waals surface area contributed by atoms with Gasteiger partial charge in [0.2, 0.25) is 0 Å². The van der Waals surface area contributed by atoms with E-state index in [0.717, 1.165) is 0 Å². The van der Waals surface area contributed by atoms with Crippen LogP contribution in [0, 0.1) is 5.82 Å². The van der Waals surface area contributed by atoms with Crippen molar-refractivity contribution in [3.05, 3.63) is 27.4 Å². The smallest absolute Gasteiger partial charge is 0.180 e. The number of halogens is 3. The molecule has 1 aromatic carbocycles. The van der Waals surface area contributed by atoms with Crippen LogP contribution in [-0.4, -0.2) is 6.61 Å². The van der Waals surface area contributed by atoms with E-state index in [-0.39, 0.29) is 10.8 Å². The zero-order valence-corrected chi connectivity index (χ0v) is 8.75. The van der Waals surface area contributed by atoms with Gasteiger partial charge in [-0.3, -0.25) is 0 Å². The highest BCUT2D eigenvalue weighted by atomic mass is 79.9. The molecular weight excluding hydrogens is 246 g/mol. The van der Waals surface area contributed by atoms with Crippen LogP contribution in [0.1, 0.15) is 6.92 Å². The van der Waals surface area contributed by atoms with Crippen LogP contribution in [0.5, 0.6) is 5.75 Å². The minimum absolute atomic E-state index is 0.105. The minimum atomic E-state index is -0.454. The first-order valence-electron chi connectivity index (χ1n) is 3.43. The summed E-state index contributed by atoms with van der Waals surface area (Å²) < 4.78 is 18.6. The Morgan fingerprint density at radius 3 is 2.83 bits per heavy atom. The summed E-state index contributed by atoms with van der Waals surface area (Å²) in [7, 11) is 0. The lowest BCUT2D eigenvalue weighted by Crippen LogP contribution is -1.95. The van der Waals surface area contributed by atoms with Gasteiger partial charge in [-0.25, -0.2) is 4.39 Å². The summed E-state index contributed by atoms with van der Waals surface area (Å²) in [5.74, 6) is -0.349. The highest BCUT2D eigenvalue weighted by Crippen LogP contribution is 2.32. The molecule has 0 heterocycles. The van der Waals surface area contributed by atoms with Crippen molar-refractivity contribution in [2.45, 2.75) is 6.92 Å². The monoisotopic (exact) mass is 252 g/mol. The molecule has 0 saturated carbocycles. The second kappa shape index (κ2) is 4.10. The molecule has 0 atom stereocenters. The average Bonchev–Trinajstić information content (AvgIpc) is 2.06. The first-order chi connectivity index (χ1) is 5.66. The van der Waals surface area contributed by atoms with Crippen LogP contribution in [0.15, 0.2) is 16.6 Å². The fourth-order valence-corrected chi connectivity index (χ4v) is 1.30. The summed E-state index contributed by atoms with van der Waals surface area (Å²) in [6, 6.07) is 3.12. The fraction of sp³-hybridized carbons (Fsp3) is 0.250. The third-order valence-corrected chi connectivity index (χ3v) is 2.20. The summed E-state index contributed by atoms with van der Waals surface area (Å²) >= 11 is 8.73. The molecule has 0 saturated heterocycles. The van der Waals surface area contributed by atoms with Crippen molar-refractivity contribution in [1.29, 1.82) is 0 Å². The van der Waals surface area contributed by atoms with Crippen molar-refractivity contribution in [2.24, 2.45) is 0 Å². The Kier molecular flexibility index (Phi) is 3.35. The molecule has 0 unspecified atom stereocenters. The molecule has 0 spiro atoms. The molecule has 0 radical (unpaired) electrons. The Morgan fingerprint density at radius 1 is 1.58 bits per heavy atom. The lowest BCUT2D eigenvalue weighted by atomic mass is 10.3. The van der Waals surface area contributed by atoms with Gasteiger partial charge in [-0.2, -0.15) is 0 Å². The average molecular weight is 253 g/mol. The van der Waals surface area contributed by atoms with Gasteiger partial charge < -0.3 is 4.74 Å². The first kappa shape index (κ1) is 9.81. The SMILES string of the molecule is CCOc1c(Cl)ccc(Br)c1F. The van der Waals surface area contributed by atoms with E-state index < -0.39 is 5.82 Å². The van der Waals surface area contributed by atoms with E-state index in [1.807, 2.05) is 0 Å². The number of hydrogen-bond donors (Lipinski definition) is 0. The number of benzene rings is 1. The van der Waals surface area contributed by atoms with Crippen LogP contribution in [0.3, 0.4) is 0 Å². The van der Waals surface area contributed by atoms with Gasteiger partial charge in [0.05, 0.1) is 16.1 Å². The summed E-state index contributed by atoms with van der Waals surface area (Å²) in [5, 5.41) is 0.289. The molecular formula is C8H7BrClFO. The topological polar surface area (TPSA) is 9.23 Å². The minimum Gasteiger partial charge on any atom is -0.489 e. The van der Waals surface area contributed by atoms with Crippen LogP contribution in [0.25, 0.3) is 0 Å². The molecule has 0 amide bonds. The maximum Gasteiger partial charge on any atom is 0.180 e. The maximum absolute atomic E-state index is 13.2. The van der Waals surface area contributed by atoms with Crippen LogP contribution < -0.4 is 4.74 Å². The van der Waals surface area contributed by atoms with Gasteiger partial charge in [-0.15, -0.1) is 0 Å². The summed E-state index contributed by atoms with van der Waals surface area (Å²) in [6.07, 6.45) is 0. The predicted molar refractivity (Wildman–Crippen MR) is 50.3 cm³/mol. The van der Waals surface area contributed by atoms with Gasteiger partial charge in [0.15, 0.2) is 11.6 Å². The van der Waals surface area contributed by atoms with E-state index >= 15 is 0 Å². The van der Waals surface area contributed by atoms with Crippen molar-refractivity contribution in [3.8, 4) is 5.75 Å². The van der Waals surface area contributed by atoms with Gasteiger partial charge in [0.1, 0.15) is 0 Å². The van der Waals surface area contributed by atoms with Gasteiger partial charge in [-0.05, 0) is 35.0 Å². The third-order valence-electron chi connectivity index (χ3n) is 1.29. The van der Waals surface area contributed by atoms with E-state index in [2.05, 4.69) is 15.9 Å². The molecule has 0 aromatic heterocycles. The lowest BCUT2D eigenvalue weighted by Gasteiger charge is -2.07.